The first-order valence-corrected chi connectivity index (χ1v) is 5.92. The van der Waals surface area contributed by atoms with Crippen molar-refractivity contribution in [2.75, 3.05) is 0 Å². The molecule has 2 N–H and O–H groups in total. The molecule has 2 rings (SSSR count). The van der Waals surface area contributed by atoms with Crippen molar-refractivity contribution in [2.45, 2.75) is 6.54 Å². The highest BCUT2D eigenvalue weighted by molar-refractivity contribution is 9.10. The van der Waals surface area contributed by atoms with Gasteiger partial charge < -0.3 is 15.4 Å². The summed E-state index contributed by atoms with van der Waals surface area (Å²) in [5.74, 6) is -0.829. The second-order valence-corrected chi connectivity index (χ2v) is 4.50. The van der Waals surface area contributed by atoms with Crippen molar-refractivity contribution in [3.63, 3.8) is 0 Å². The second kappa shape index (κ2) is 5.18. The summed E-state index contributed by atoms with van der Waals surface area (Å²) in [6, 6.07) is 1.08. The third kappa shape index (κ3) is 2.78. The second-order valence-electron chi connectivity index (χ2n) is 3.64. The molecule has 0 bridgehead atoms. The SMILES string of the molecule is Cn1ncc(Br)c1CNC(=O)c1cc([N+](=O)[O-])[nH]n1. The number of nitrogens with one attached hydrogen (secondary N) is 2. The molecule has 2 aromatic heterocycles. The molecule has 0 saturated heterocycles. The molecule has 9 nitrogen and oxygen atoms in total. The van der Waals surface area contributed by atoms with Gasteiger partial charge in [-0.2, -0.15) is 5.10 Å². The molecule has 0 aromatic carbocycles. The van der Waals surface area contributed by atoms with Gasteiger partial charge >= 0.3 is 5.82 Å². The number of H-pyrrole nitrogens is 1. The lowest BCUT2D eigenvalue weighted by atomic mass is 10.3. The Bertz CT molecular complexity index is 614. The van der Waals surface area contributed by atoms with Gasteiger partial charge in [0.1, 0.15) is 0 Å². The zero-order chi connectivity index (χ0) is 14.0. The van der Waals surface area contributed by atoms with E-state index in [0.717, 1.165) is 16.2 Å². The first kappa shape index (κ1) is 13.2. The summed E-state index contributed by atoms with van der Waals surface area (Å²) >= 11 is 3.30. The maximum Gasteiger partial charge on any atom is 0.343 e. The number of nitro groups is 1. The van der Waals surface area contributed by atoms with Gasteiger partial charge in [0.2, 0.25) is 0 Å². The molecule has 2 aromatic rings. The number of halogens is 1. The van der Waals surface area contributed by atoms with Crippen LogP contribution in [0, 0.1) is 10.1 Å². The van der Waals surface area contributed by atoms with Gasteiger partial charge in [0.05, 0.1) is 29.0 Å². The molecule has 10 heteroatoms. The largest absolute Gasteiger partial charge is 0.358 e. The van der Waals surface area contributed by atoms with Crippen LogP contribution >= 0.6 is 15.9 Å². The van der Waals surface area contributed by atoms with Crippen LogP contribution in [-0.2, 0) is 13.6 Å². The van der Waals surface area contributed by atoms with Crippen molar-refractivity contribution in [3.8, 4) is 0 Å². The predicted octanol–water partition coefficient (Wildman–Crippen LogP) is 0.744. The van der Waals surface area contributed by atoms with E-state index in [1.54, 1.807) is 17.9 Å². The minimum Gasteiger partial charge on any atom is -0.358 e. The maximum atomic E-state index is 11.7. The van der Waals surface area contributed by atoms with Crippen LogP contribution in [0.25, 0.3) is 0 Å². The Hall–Kier alpha value is -2.23. The number of aromatic amines is 1. The molecule has 0 aliphatic rings. The number of carbonyl (C=O) groups excluding carboxylic acids is 1. The number of carbonyl (C=O) groups is 1. The average Bonchev–Trinajstić information content (AvgIpc) is 2.95. The first-order valence-electron chi connectivity index (χ1n) is 5.13. The summed E-state index contributed by atoms with van der Waals surface area (Å²) in [4.78, 5) is 21.5. The van der Waals surface area contributed by atoms with E-state index >= 15 is 0 Å². The summed E-state index contributed by atoms with van der Waals surface area (Å²) in [5, 5.41) is 22.8. The molecule has 1 amide bonds. The van der Waals surface area contributed by atoms with E-state index in [-0.39, 0.29) is 18.1 Å². The van der Waals surface area contributed by atoms with Crippen LogP contribution in [0.5, 0.6) is 0 Å². The normalized spacial score (nSPS) is 10.4. The van der Waals surface area contributed by atoms with Gasteiger partial charge in [-0.3, -0.25) is 9.48 Å². The van der Waals surface area contributed by atoms with Crippen LogP contribution in [0.15, 0.2) is 16.7 Å². The molecule has 0 saturated carbocycles. The number of amides is 1. The quantitative estimate of drug-likeness (QED) is 0.633. The van der Waals surface area contributed by atoms with Gasteiger partial charge in [-0.25, -0.2) is 0 Å². The van der Waals surface area contributed by atoms with Gasteiger partial charge in [0.25, 0.3) is 5.91 Å². The summed E-state index contributed by atoms with van der Waals surface area (Å²) in [6.45, 7) is 0.233. The van der Waals surface area contributed by atoms with E-state index in [0.29, 0.717) is 0 Å². The number of hydrogen-bond donors (Lipinski definition) is 2. The number of rotatable bonds is 4. The standard InChI is InChI=1S/C9H9BrN6O3/c1-15-7(5(10)3-12-15)4-11-9(17)6-2-8(14-13-6)16(18)19/h2-3H,4H2,1H3,(H,11,17)(H,13,14). The highest BCUT2D eigenvalue weighted by atomic mass is 79.9. The molecule has 0 fully saturated rings. The third-order valence-corrected chi connectivity index (χ3v) is 3.08. The van der Waals surface area contributed by atoms with Gasteiger partial charge in [0.15, 0.2) is 5.69 Å². The molecule has 0 unspecified atom stereocenters. The molecule has 0 spiro atoms. The Morgan fingerprint density at radius 1 is 1.68 bits per heavy atom. The zero-order valence-corrected chi connectivity index (χ0v) is 11.3. The highest BCUT2D eigenvalue weighted by Crippen LogP contribution is 2.14. The van der Waals surface area contributed by atoms with E-state index in [9.17, 15) is 14.9 Å². The van der Waals surface area contributed by atoms with E-state index in [2.05, 4.69) is 36.5 Å². The molecule has 2 heterocycles. The summed E-state index contributed by atoms with van der Waals surface area (Å²) < 4.78 is 2.38. The van der Waals surface area contributed by atoms with Crippen molar-refractivity contribution in [1.82, 2.24) is 25.3 Å². The Kier molecular flexibility index (Phi) is 3.60. The monoisotopic (exact) mass is 328 g/mol. The van der Waals surface area contributed by atoms with E-state index in [4.69, 9.17) is 0 Å². The molecule has 100 valence electrons. The van der Waals surface area contributed by atoms with Crippen LogP contribution in [-0.4, -0.2) is 30.8 Å². The van der Waals surface area contributed by atoms with Gasteiger partial charge in [-0.15, -0.1) is 5.10 Å². The molecule has 0 aliphatic heterocycles. The molecule has 19 heavy (non-hydrogen) atoms. The fraction of sp³-hybridized carbons (Fsp3) is 0.222. The van der Waals surface area contributed by atoms with Crippen LogP contribution in [0.4, 0.5) is 5.82 Å². The predicted molar refractivity (Wildman–Crippen MR) is 67.3 cm³/mol. The van der Waals surface area contributed by atoms with Crippen LogP contribution in [0.2, 0.25) is 0 Å². The lowest BCUT2D eigenvalue weighted by molar-refractivity contribution is -0.389. The van der Waals surface area contributed by atoms with Crippen LogP contribution in [0.3, 0.4) is 0 Å². The van der Waals surface area contributed by atoms with Crippen molar-refractivity contribution < 1.29 is 9.72 Å². The van der Waals surface area contributed by atoms with Gasteiger partial charge in [-0.05, 0) is 20.9 Å². The Balaban J connectivity index is 2.03. The summed E-state index contributed by atoms with van der Waals surface area (Å²) in [5.41, 5.74) is 0.739. The first-order chi connectivity index (χ1) is 8.99. The van der Waals surface area contributed by atoms with E-state index in [1.807, 2.05) is 0 Å². The van der Waals surface area contributed by atoms with Crippen LogP contribution < -0.4 is 5.32 Å². The lowest BCUT2D eigenvalue weighted by Gasteiger charge is -2.04. The number of aryl methyl sites for hydroxylation is 1. The van der Waals surface area contributed by atoms with Gasteiger partial charge in [0, 0.05) is 7.05 Å². The van der Waals surface area contributed by atoms with Crippen molar-refractivity contribution in [2.24, 2.45) is 7.05 Å². The van der Waals surface area contributed by atoms with Crippen molar-refractivity contribution in [1.29, 1.82) is 0 Å². The minimum absolute atomic E-state index is 0.0370. The average molecular weight is 329 g/mol. The zero-order valence-electron chi connectivity index (χ0n) is 9.75. The van der Waals surface area contributed by atoms with Crippen molar-refractivity contribution >= 4 is 27.7 Å². The molecule has 0 aliphatic carbocycles. The smallest absolute Gasteiger partial charge is 0.343 e. The topological polar surface area (TPSA) is 119 Å². The Morgan fingerprint density at radius 3 is 2.95 bits per heavy atom. The van der Waals surface area contributed by atoms with Crippen molar-refractivity contribution in [3.05, 3.63) is 38.2 Å². The Labute approximate surface area is 115 Å². The number of nitrogens with zero attached hydrogens (tertiary/aromatic N) is 4. The molecular formula is C9H9BrN6O3. The third-order valence-electron chi connectivity index (χ3n) is 2.42. The van der Waals surface area contributed by atoms with Crippen LogP contribution in [0.1, 0.15) is 16.2 Å². The molecule has 0 atom stereocenters. The van der Waals surface area contributed by atoms with E-state index in [1.165, 1.54) is 0 Å². The molecule has 0 radical (unpaired) electrons. The minimum atomic E-state index is -0.651. The summed E-state index contributed by atoms with van der Waals surface area (Å²) in [6.07, 6.45) is 1.61. The highest BCUT2D eigenvalue weighted by Gasteiger charge is 2.17. The fourth-order valence-electron chi connectivity index (χ4n) is 1.41. The van der Waals surface area contributed by atoms with Gasteiger partial charge in [-0.1, -0.05) is 5.10 Å². The Morgan fingerprint density at radius 2 is 2.42 bits per heavy atom. The lowest BCUT2D eigenvalue weighted by Crippen LogP contribution is -2.24. The number of hydrogen-bond acceptors (Lipinski definition) is 5. The number of aromatic nitrogens is 4. The van der Waals surface area contributed by atoms with E-state index < -0.39 is 10.8 Å². The molecular weight excluding hydrogens is 320 g/mol. The fourth-order valence-corrected chi connectivity index (χ4v) is 1.90. The maximum absolute atomic E-state index is 11.7. The summed E-state index contributed by atoms with van der Waals surface area (Å²) in [7, 11) is 1.74.